The number of carbonyl (C=O) groups is 1. The Hall–Kier alpha value is -0.700. The number of hydrogen-bond acceptors (Lipinski definition) is 3. The Bertz CT molecular complexity index is 231. The zero-order valence-corrected chi connectivity index (χ0v) is 8.06. The van der Waals surface area contributed by atoms with Crippen LogP contribution in [0.1, 0.15) is 43.1 Å². The molecule has 0 unspecified atom stereocenters. The molecule has 66 valence electrons. The van der Waals surface area contributed by atoms with Crippen LogP contribution in [0.5, 0.6) is 0 Å². The molecule has 1 rings (SSSR count). The zero-order valence-electron chi connectivity index (χ0n) is 7.25. The molecule has 0 N–H and O–H groups in total. The number of ketones is 1. The summed E-state index contributed by atoms with van der Waals surface area (Å²) in [6, 6.07) is 0. The van der Waals surface area contributed by atoms with Gasteiger partial charge < -0.3 is 0 Å². The Morgan fingerprint density at radius 1 is 1.58 bits per heavy atom. The van der Waals surface area contributed by atoms with Gasteiger partial charge in [0, 0.05) is 11.8 Å². The van der Waals surface area contributed by atoms with Crippen molar-refractivity contribution in [2.45, 2.75) is 32.6 Å². The summed E-state index contributed by atoms with van der Waals surface area (Å²) in [6.45, 7) is 2.13. The third-order valence-corrected chi connectivity index (χ3v) is 2.31. The molecule has 12 heavy (non-hydrogen) atoms. The molecule has 1 aromatic rings. The highest BCUT2D eigenvalue weighted by Gasteiger charge is 2.05. The Morgan fingerprint density at radius 3 is 3.00 bits per heavy atom. The van der Waals surface area contributed by atoms with Crippen molar-refractivity contribution in [3.05, 3.63) is 16.6 Å². The second-order valence-corrected chi connectivity index (χ2v) is 3.47. The first-order valence-electron chi connectivity index (χ1n) is 4.26. The number of hydrogen-bond donors (Lipinski definition) is 0. The van der Waals surface area contributed by atoms with Crippen LogP contribution in [0.3, 0.4) is 0 Å². The lowest BCUT2D eigenvalue weighted by Crippen LogP contribution is -1.98. The number of Topliss-reactive ketones (excluding diaryl/α,β-unsaturated/α-hetero) is 1. The summed E-state index contributed by atoms with van der Waals surface area (Å²) in [6.07, 6.45) is 3.94. The highest BCUT2D eigenvalue weighted by molar-refractivity contribution is 7.07. The van der Waals surface area contributed by atoms with Crippen LogP contribution in [-0.2, 0) is 0 Å². The SMILES string of the molecule is CCCCCC(=O)c1cscn1. The highest BCUT2D eigenvalue weighted by atomic mass is 32.1. The molecule has 0 aromatic carbocycles. The minimum atomic E-state index is 0.185. The van der Waals surface area contributed by atoms with Crippen LogP contribution >= 0.6 is 11.3 Å². The summed E-state index contributed by atoms with van der Waals surface area (Å²) in [5.74, 6) is 0.185. The van der Waals surface area contributed by atoms with Crippen molar-refractivity contribution >= 4 is 17.1 Å². The van der Waals surface area contributed by atoms with Gasteiger partial charge in [0.2, 0.25) is 0 Å². The van der Waals surface area contributed by atoms with Crippen molar-refractivity contribution in [3.63, 3.8) is 0 Å². The van der Waals surface area contributed by atoms with Crippen LogP contribution in [0.2, 0.25) is 0 Å². The summed E-state index contributed by atoms with van der Waals surface area (Å²) < 4.78 is 0. The van der Waals surface area contributed by atoms with Crippen LogP contribution in [0, 0.1) is 0 Å². The summed E-state index contributed by atoms with van der Waals surface area (Å²) in [5, 5.41) is 1.81. The van der Waals surface area contributed by atoms with Crippen molar-refractivity contribution in [2.24, 2.45) is 0 Å². The lowest BCUT2D eigenvalue weighted by Gasteiger charge is -1.95. The molecule has 0 saturated carbocycles. The van der Waals surface area contributed by atoms with Crippen molar-refractivity contribution in [2.75, 3.05) is 0 Å². The third-order valence-electron chi connectivity index (χ3n) is 1.73. The predicted octanol–water partition coefficient (Wildman–Crippen LogP) is 2.91. The van der Waals surface area contributed by atoms with Gasteiger partial charge in [-0.3, -0.25) is 4.79 Å². The van der Waals surface area contributed by atoms with E-state index in [2.05, 4.69) is 11.9 Å². The monoisotopic (exact) mass is 183 g/mol. The number of carbonyl (C=O) groups excluding carboxylic acids is 1. The third kappa shape index (κ3) is 2.74. The Morgan fingerprint density at radius 2 is 2.42 bits per heavy atom. The molecular weight excluding hydrogens is 170 g/mol. The largest absolute Gasteiger partial charge is 0.292 e. The molecule has 0 amide bonds. The van der Waals surface area contributed by atoms with Gasteiger partial charge in [-0.15, -0.1) is 11.3 Å². The minimum absolute atomic E-state index is 0.185. The normalized spacial score (nSPS) is 10.1. The predicted molar refractivity (Wildman–Crippen MR) is 50.6 cm³/mol. The van der Waals surface area contributed by atoms with Gasteiger partial charge in [-0.2, -0.15) is 0 Å². The zero-order chi connectivity index (χ0) is 8.81. The fourth-order valence-corrected chi connectivity index (χ4v) is 1.57. The first kappa shape index (κ1) is 9.39. The van der Waals surface area contributed by atoms with Crippen molar-refractivity contribution in [1.29, 1.82) is 0 Å². The molecule has 0 aliphatic carbocycles. The van der Waals surface area contributed by atoms with E-state index in [4.69, 9.17) is 0 Å². The number of aromatic nitrogens is 1. The van der Waals surface area contributed by atoms with E-state index in [1.807, 2.05) is 5.38 Å². The highest BCUT2D eigenvalue weighted by Crippen LogP contribution is 2.08. The van der Waals surface area contributed by atoms with Crippen LogP contribution in [0.25, 0.3) is 0 Å². The van der Waals surface area contributed by atoms with E-state index in [1.54, 1.807) is 5.51 Å². The molecule has 0 aliphatic rings. The fourth-order valence-electron chi connectivity index (χ4n) is 1.01. The van der Waals surface area contributed by atoms with Gasteiger partial charge in [0.05, 0.1) is 5.51 Å². The van der Waals surface area contributed by atoms with E-state index >= 15 is 0 Å². The van der Waals surface area contributed by atoms with E-state index < -0.39 is 0 Å². The van der Waals surface area contributed by atoms with Gasteiger partial charge >= 0.3 is 0 Å². The topological polar surface area (TPSA) is 30.0 Å². The summed E-state index contributed by atoms with van der Waals surface area (Å²) >= 11 is 1.48. The molecule has 1 heterocycles. The number of nitrogens with zero attached hydrogens (tertiary/aromatic N) is 1. The van der Waals surface area contributed by atoms with Crippen LogP contribution in [0.15, 0.2) is 10.9 Å². The molecule has 0 atom stereocenters. The van der Waals surface area contributed by atoms with E-state index in [-0.39, 0.29) is 5.78 Å². The minimum Gasteiger partial charge on any atom is -0.292 e. The smallest absolute Gasteiger partial charge is 0.182 e. The van der Waals surface area contributed by atoms with Gasteiger partial charge in [0.15, 0.2) is 5.78 Å². The molecule has 0 saturated heterocycles. The van der Waals surface area contributed by atoms with Gasteiger partial charge in [0.1, 0.15) is 5.69 Å². The fraction of sp³-hybridized carbons (Fsp3) is 0.556. The molecule has 0 aliphatic heterocycles. The first-order chi connectivity index (χ1) is 5.84. The molecule has 0 spiro atoms. The molecule has 0 fully saturated rings. The molecular formula is C9H13NOS. The van der Waals surface area contributed by atoms with E-state index in [1.165, 1.54) is 11.3 Å². The lowest BCUT2D eigenvalue weighted by molar-refractivity contribution is 0.0975. The summed E-state index contributed by atoms with van der Waals surface area (Å²) in [4.78, 5) is 15.3. The number of thiazole rings is 1. The lowest BCUT2D eigenvalue weighted by atomic mass is 10.1. The van der Waals surface area contributed by atoms with Crippen molar-refractivity contribution in [3.8, 4) is 0 Å². The maximum atomic E-state index is 11.3. The Kier molecular flexibility index (Phi) is 3.94. The van der Waals surface area contributed by atoms with E-state index in [9.17, 15) is 4.79 Å². The van der Waals surface area contributed by atoms with Crippen molar-refractivity contribution in [1.82, 2.24) is 4.98 Å². The standard InChI is InChI=1S/C9H13NOS/c1-2-3-4-5-9(11)8-6-12-7-10-8/h6-7H,2-5H2,1H3. The molecule has 3 heteroatoms. The summed E-state index contributed by atoms with van der Waals surface area (Å²) in [5.41, 5.74) is 2.34. The molecule has 0 radical (unpaired) electrons. The maximum Gasteiger partial charge on any atom is 0.182 e. The molecule has 2 nitrogen and oxygen atoms in total. The van der Waals surface area contributed by atoms with Crippen LogP contribution < -0.4 is 0 Å². The van der Waals surface area contributed by atoms with Gasteiger partial charge in [-0.25, -0.2) is 4.98 Å². The molecule has 0 bridgehead atoms. The van der Waals surface area contributed by atoms with E-state index in [0.717, 1.165) is 19.3 Å². The van der Waals surface area contributed by atoms with E-state index in [0.29, 0.717) is 12.1 Å². The average molecular weight is 183 g/mol. The first-order valence-corrected chi connectivity index (χ1v) is 5.20. The van der Waals surface area contributed by atoms with Gasteiger partial charge in [-0.1, -0.05) is 19.8 Å². The average Bonchev–Trinajstić information content (AvgIpc) is 2.56. The number of rotatable bonds is 5. The quantitative estimate of drug-likeness (QED) is 0.519. The second kappa shape index (κ2) is 5.04. The maximum absolute atomic E-state index is 11.3. The van der Waals surface area contributed by atoms with Crippen molar-refractivity contribution < 1.29 is 4.79 Å². The van der Waals surface area contributed by atoms with Crippen LogP contribution in [-0.4, -0.2) is 10.8 Å². The second-order valence-electron chi connectivity index (χ2n) is 2.75. The summed E-state index contributed by atoms with van der Waals surface area (Å²) in [7, 11) is 0. The van der Waals surface area contributed by atoms with Crippen LogP contribution in [0.4, 0.5) is 0 Å². The Balaban J connectivity index is 2.30. The van der Waals surface area contributed by atoms with Gasteiger partial charge in [-0.05, 0) is 6.42 Å². The van der Waals surface area contributed by atoms with Gasteiger partial charge in [0.25, 0.3) is 0 Å². The number of unbranched alkanes of at least 4 members (excludes halogenated alkanes) is 2. The Labute approximate surface area is 76.6 Å². The molecule has 1 aromatic heterocycles.